The number of nitrogens with zero attached hydrogens (tertiary/aromatic N) is 4. The number of hydrogen-bond acceptors (Lipinski definition) is 6. The van der Waals surface area contributed by atoms with E-state index in [-0.39, 0.29) is 5.91 Å². The number of aryl methyl sites for hydroxylation is 1. The van der Waals surface area contributed by atoms with E-state index in [1.165, 1.54) is 6.92 Å². The normalized spacial score (nSPS) is 19.5. The Morgan fingerprint density at radius 1 is 1.37 bits per heavy atom. The summed E-state index contributed by atoms with van der Waals surface area (Å²) in [6.45, 7) is 2.56. The van der Waals surface area contributed by atoms with Gasteiger partial charge in [-0.2, -0.15) is 0 Å². The molecule has 0 radical (unpaired) electrons. The SMILES string of the molecule is COC1(c2cncc(-c3cn(C)c4cnc(NC(C)=O)cc34)n2)CCOC1. The van der Waals surface area contributed by atoms with E-state index in [9.17, 15) is 4.79 Å². The average Bonchev–Trinajstić information content (AvgIpc) is 3.27. The highest BCUT2D eigenvalue weighted by atomic mass is 16.5. The van der Waals surface area contributed by atoms with Gasteiger partial charge in [-0.1, -0.05) is 0 Å². The van der Waals surface area contributed by atoms with Gasteiger partial charge in [0.2, 0.25) is 5.91 Å². The summed E-state index contributed by atoms with van der Waals surface area (Å²) in [5, 5.41) is 3.67. The zero-order valence-electron chi connectivity index (χ0n) is 15.5. The first-order valence-corrected chi connectivity index (χ1v) is 8.71. The van der Waals surface area contributed by atoms with Crippen LogP contribution in [0.5, 0.6) is 0 Å². The maximum Gasteiger partial charge on any atom is 0.222 e. The van der Waals surface area contributed by atoms with Gasteiger partial charge in [-0.15, -0.1) is 0 Å². The number of carbonyl (C=O) groups is 1. The first-order valence-electron chi connectivity index (χ1n) is 8.71. The third-order valence-corrected chi connectivity index (χ3v) is 4.93. The number of pyridine rings is 1. The fraction of sp³-hybridized carbons (Fsp3) is 0.368. The smallest absolute Gasteiger partial charge is 0.222 e. The van der Waals surface area contributed by atoms with Gasteiger partial charge < -0.3 is 19.4 Å². The van der Waals surface area contributed by atoms with Crippen LogP contribution in [0.4, 0.5) is 5.82 Å². The molecule has 1 unspecified atom stereocenters. The van der Waals surface area contributed by atoms with Gasteiger partial charge in [0.1, 0.15) is 11.4 Å². The monoisotopic (exact) mass is 367 g/mol. The zero-order valence-corrected chi connectivity index (χ0v) is 15.5. The maximum atomic E-state index is 11.4. The maximum absolute atomic E-state index is 11.4. The van der Waals surface area contributed by atoms with E-state index < -0.39 is 5.60 Å². The lowest BCUT2D eigenvalue weighted by Gasteiger charge is -2.24. The summed E-state index contributed by atoms with van der Waals surface area (Å²) < 4.78 is 13.3. The highest BCUT2D eigenvalue weighted by Gasteiger charge is 2.38. The van der Waals surface area contributed by atoms with Gasteiger partial charge in [0.25, 0.3) is 0 Å². The molecule has 1 amide bonds. The number of methoxy groups -OCH3 is 1. The van der Waals surface area contributed by atoms with E-state index in [0.29, 0.717) is 19.0 Å². The van der Waals surface area contributed by atoms with Crippen LogP contribution in [0, 0.1) is 0 Å². The van der Waals surface area contributed by atoms with Gasteiger partial charge in [-0.25, -0.2) is 9.97 Å². The molecule has 4 heterocycles. The third-order valence-electron chi connectivity index (χ3n) is 4.93. The van der Waals surface area contributed by atoms with E-state index in [0.717, 1.165) is 34.3 Å². The number of rotatable bonds is 4. The lowest BCUT2D eigenvalue weighted by Crippen LogP contribution is -2.30. The summed E-state index contributed by atoms with van der Waals surface area (Å²) >= 11 is 0. The van der Waals surface area contributed by atoms with E-state index in [2.05, 4.69) is 15.3 Å². The lowest BCUT2D eigenvalue weighted by molar-refractivity contribution is -0.114. The van der Waals surface area contributed by atoms with Gasteiger partial charge in [0.15, 0.2) is 0 Å². The summed E-state index contributed by atoms with van der Waals surface area (Å²) in [5.74, 6) is 0.341. The molecule has 1 fully saturated rings. The van der Waals surface area contributed by atoms with Crippen LogP contribution in [0.15, 0.2) is 30.9 Å². The molecule has 1 atom stereocenters. The number of hydrogen-bond donors (Lipinski definition) is 1. The summed E-state index contributed by atoms with van der Waals surface area (Å²) in [4.78, 5) is 24.9. The molecule has 3 aromatic rings. The quantitative estimate of drug-likeness (QED) is 0.760. The van der Waals surface area contributed by atoms with E-state index >= 15 is 0 Å². The van der Waals surface area contributed by atoms with Gasteiger partial charge in [0, 0.05) is 51.3 Å². The van der Waals surface area contributed by atoms with Gasteiger partial charge in [0.05, 0.1) is 42.1 Å². The first kappa shape index (κ1) is 17.6. The molecule has 0 aliphatic carbocycles. The Balaban J connectivity index is 1.82. The molecular weight excluding hydrogens is 346 g/mol. The van der Waals surface area contributed by atoms with Crippen LogP contribution in [-0.2, 0) is 26.9 Å². The standard InChI is InChI=1S/C19H21N5O3/c1-12(25)22-18-6-13-14(10-24(2)16(13)8-21-18)15-7-20-9-17(23-15)19(26-3)4-5-27-11-19/h6-10H,4-5,11H2,1-3H3,(H,21,22,25). The van der Waals surface area contributed by atoms with Crippen molar-refractivity contribution in [3.05, 3.63) is 36.5 Å². The van der Waals surface area contributed by atoms with Crippen LogP contribution in [0.3, 0.4) is 0 Å². The Kier molecular flexibility index (Phi) is 4.37. The number of anilines is 1. The molecular formula is C19H21N5O3. The molecule has 0 spiro atoms. The average molecular weight is 367 g/mol. The predicted molar refractivity (Wildman–Crippen MR) is 100 cm³/mol. The van der Waals surface area contributed by atoms with Crippen LogP contribution in [0.2, 0.25) is 0 Å². The molecule has 1 aliphatic heterocycles. The molecule has 3 aromatic heterocycles. The molecule has 8 nitrogen and oxygen atoms in total. The number of amides is 1. The molecule has 1 aliphatic rings. The van der Waals surface area contributed by atoms with Crippen LogP contribution in [0.25, 0.3) is 22.2 Å². The number of nitrogens with one attached hydrogen (secondary N) is 1. The van der Waals surface area contributed by atoms with Crippen molar-refractivity contribution in [3.63, 3.8) is 0 Å². The second-order valence-corrected chi connectivity index (χ2v) is 6.71. The van der Waals surface area contributed by atoms with Crippen LogP contribution in [0.1, 0.15) is 19.0 Å². The molecule has 27 heavy (non-hydrogen) atoms. The molecule has 0 aromatic carbocycles. The lowest BCUT2D eigenvalue weighted by atomic mass is 9.98. The zero-order chi connectivity index (χ0) is 19.0. The Hall–Kier alpha value is -2.84. The van der Waals surface area contributed by atoms with Crippen molar-refractivity contribution in [2.75, 3.05) is 25.6 Å². The molecule has 1 saturated heterocycles. The number of carbonyl (C=O) groups excluding carboxylic acids is 1. The minimum absolute atomic E-state index is 0.163. The van der Waals surface area contributed by atoms with E-state index in [4.69, 9.17) is 14.5 Å². The molecule has 140 valence electrons. The van der Waals surface area contributed by atoms with Crippen molar-refractivity contribution in [3.8, 4) is 11.3 Å². The van der Waals surface area contributed by atoms with Crippen LogP contribution in [-0.4, -0.2) is 45.7 Å². The van der Waals surface area contributed by atoms with E-state index in [1.54, 1.807) is 25.7 Å². The van der Waals surface area contributed by atoms with Crippen molar-refractivity contribution >= 4 is 22.6 Å². The molecule has 1 N–H and O–H groups in total. The predicted octanol–water partition coefficient (Wildman–Crippen LogP) is 2.25. The molecule has 8 heteroatoms. The second kappa shape index (κ2) is 6.71. The number of ether oxygens (including phenoxy) is 2. The first-order chi connectivity index (χ1) is 13.0. The highest BCUT2D eigenvalue weighted by Crippen LogP contribution is 2.35. The topological polar surface area (TPSA) is 91.2 Å². The summed E-state index contributed by atoms with van der Waals surface area (Å²) in [6.07, 6.45) is 7.94. The molecule has 4 rings (SSSR count). The molecule has 0 saturated carbocycles. The van der Waals surface area contributed by atoms with E-state index in [1.807, 2.05) is 23.9 Å². The molecule has 0 bridgehead atoms. The van der Waals surface area contributed by atoms with Crippen molar-refractivity contribution in [2.24, 2.45) is 7.05 Å². The van der Waals surface area contributed by atoms with Crippen LogP contribution >= 0.6 is 0 Å². The van der Waals surface area contributed by atoms with Crippen molar-refractivity contribution in [2.45, 2.75) is 18.9 Å². The Morgan fingerprint density at radius 3 is 2.93 bits per heavy atom. The van der Waals surface area contributed by atoms with Gasteiger partial charge in [-0.05, 0) is 6.07 Å². The summed E-state index contributed by atoms with van der Waals surface area (Å²) in [7, 11) is 3.62. The summed E-state index contributed by atoms with van der Waals surface area (Å²) in [6, 6.07) is 1.85. The Labute approximate surface area is 156 Å². The minimum atomic E-state index is -0.559. The fourth-order valence-corrected chi connectivity index (χ4v) is 3.46. The van der Waals surface area contributed by atoms with Crippen molar-refractivity contribution in [1.82, 2.24) is 19.5 Å². The minimum Gasteiger partial charge on any atom is -0.378 e. The largest absolute Gasteiger partial charge is 0.378 e. The third kappa shape index (κ3) is 3.07. The fourth-order valence-electron chi connectivity index (χ4n) is 3.46. The van der Waals surface area contributed by atoms with Crippen molar-refractivity contribution < 1.29 is 14.3 Å². The number of aromatic nitrogens is 4. The van der Waals surface area contributed by atoms with Gasteiger partial charge in [-0.3, -0.25) is 9.78 Å². The van der Waals surface area contributed by atoms with Gasteiger partial charge >= 0.3 is 0 Å². The Bertz CT molecular complexity index is 1010. The van der Waals surface area contributed by atoms with Crippen molar-refractivity contribution in [1.29, 1.82) is 0 Å². The second-order valence-electron chi connectivity index (χ2n) is 6.71. The highest BCUT2D eigenvalue weighted by molar-refractivity contribution is 5.98. The number of fused-ring (bicyclic) bond motifs is 1. The Morgan fingerprint density at radius 2 is 2.22 bits per heavy atom. The summed E-state index contributed by atoms with van der Waals surface area (Å²) in [5.41, 5.74) is 2.80. The van der Waals surface area contributed by atoms with Crippen LogP contribution < -0.4 is 5.32 Å².